The van der Waals surface area contributed by atoms with Gasteiger partial charge in [0, 0.05) is 13.1 Å². The number of hydrogen-bond acceptors (Lipinski definition) is 4. The summed E-state index contributed by atoms with van der Waals surface area (Å²) >= 11 is 6.10. The van der Waals surface area contributed by atoms with Gasteiger partial charge in [0.25, 0.3) is 0 Å². The second-order valence-corrected chi connectivity index (χ2v) is 11.1. The number of carbonyl (C=O) groups is 2. The number of hydrogen-bond donors (Lipinski definition) is 1. The third-order valence-corrected chi connectivity index (χ3v) is 7.37. The molecule has 1 N–H and O–H groups in total. The summed E-state index contributed by atoms with van der Waals surface area (Å²) in [6.45, 7) is 3.38. The molecule has 0 radical (unpaired) electrons. The Labute approximate surface area is 227 Å². The number of nitrogens with one attached hydrogen (secondary N) is 1. The normalized spacial score (nSPS) is 12.6. The summed E-state index contributed by atoms with van der Waals surface area (Å²) in [7, 11) is -4.24. The first-order chi connectivity index (χ1) is 17.8. The fraction of sp³-hybridized carbons (Fsp3) is 0.462. The first-order valence-electron chi connectivity index (χ1n) is 12.2. The van der Waals surface area contributed by atoms with E-state index in [1.165, 1.54) is 4.90 Å². The fourth-order valence-electron chi connectivity index (χ4n) is 3.88. The molecule has 1 unspecified atom stereocenters. The van der Waals surface area contributed by atoms with Gasteiger partial charge in [-0.1, -0.05) is 62.2 Å². The van der Waals surface area contributed by atoms with Gasteiger partial charge in [0.05, 0.1) is 22.5 Å². The molecule has 0 heterocycles. The van der Waals surface area contributed by atoms with Crippen molar-refractivity contribution in [1.29, 1.82) is 0 Å². The lowest BCUT2D eigenvalue weighted by molar-refractivity contribution is -0.139. The van der Waals surface area contributed by atoms with Gasteiger partial charge >= 0.3 is 6.18 Å². The van der Waals surface area contributed by atoms with Gasteiger partial charge in [-0.15, -0.1) is 0 Å². The number of halogens is 4. The summed E-state index contributed by atoms with van der Waals surface area (Å²) in [6.07, 6.45) is -1.74. The molecular weight excluding hydrogens is 543 g/mol. The highest BCUT2D eigenvalue weighted by atomic mass is 35.5. The molecule has 0 aliphatic heterocycles. The Bertz CT molecular complexity index is 1190. The molecule has 2 aromatic carbocycles. The average Bonchev–Trinajstić information content (AvgIpc) is 2.84. The first kappa shape index (κ1) is 31.4. The molecule has 2 rings (SSSR count). The van der Waals surface area contributed by atoms with Crippen molar-refractivity contribution in [2.75, 3.05) is 30.2 Å². The van der Waals surface area contributed by atoms with E-state index in [0.29, 0.717) is 23.3 Å². The third kappa shape index (κ3) is 8.90. The number of unbranched alkanes of at least 4 members (excludes halogenated alkanes) is 1. The number of benzene rings is 2. The number of anilines is 1. The first-order valence-corrected chi connectivity index (χ1v) is 14.5. The maximum atomic E-state index is 13.6. The minimum atomic E-state index is -4.75. The van der Waals surface area contributed by atoms with Crippen LogP contribution in [0.5, 0.6) is 0 Å². The van der Waals surface area contributed by atoms with Crippen LogP contribution in [0.3, 0.4) is 0 Å². The molecule has 0 spiro atoms. The molecule has 0 aliphatic rings. The maximum Gasteiger partial charge on any atom is 0.416 e. The highest BCUT2D eigenvalue weighted by Gasteiger charge is 2.35. The zero-order valence-corrected chi connectivity index (χ0v) is 23.2. The van der Waals surface area contributed by atoms with Crippen LogP contribution in [0.25, 0.3) is 0 Å². The van der Waals surface area contributed by atoms with Gasteiger partial charge in [0.15, 0.2) is 0 Å². The van der Waals surface area contributed by atoms with Gasteiger partial charge in [-0.25, -0.2) is 8.42 Å². The van der Waals surface area contributed by atoms with E-state index >= 15 is 0 Å². The summed E-state index contributed by atoms with van der Waals surface area (Å²) in [5.41, 5.74) is -0.686. The van der Waals surface area contributed by atoms with E-state index in [-0.39, 0.29) is 23.9 Å². The van der Waals surface area contributed by atoms with Crippen molar-refractivity contribution in [3.05, 3.63) is 64.7 Å². The quantitative estimate of drug-likeness (QED) is 0.345. The van der Waals surface area contributed by atoms with Crippen molar-refractivity contribution in [2.45, 2.75) is 51.7 Å². The minimum Gasteiger partial charge on any atom is -0.354 e. The number of sulfonamides is 1. The monoisotopic (exact) mass is 575 g/mol. The Morgan fingerprint density at radius 2 is 1.74 bits per heavy atom. The van der Waals surface area contributed by atoms with E-state index in [9.17, 15) is 31.2 Å². The highest BCUT2D eigenvalue weighted by molar-refractivity contribution is 7.92. The molecule has 210 valence electrons. The molecule has 0 saturated carbocycles. The standard InChI is InChI=1S/C26H33ClF3N3O4S/c1-4-6-15-31-25(35)22(5-2)32(16-14-19-10-8-7-9-11-19)24(34)18-33(38(3,36)37)23-17-20(26(28,29)30)12-13-21(23)27/h7-13,17,22H,4-6,14-16,18H2,1-3H3,(H,31,35). The summed E-state index contributed by atoms with van der Waals surface area (Å²) in [6, 6.07) is 10.6. The highest BCUT2D eigenvalue weighted by Crippen LogP contribution is 2.36. The molecule has 38 heavy (non-hydrogen) atoms. The molecule has 2 amide bonds. The van der Waals surface area contributed by atoms with Crippen LogP contribution in [-0.2, 0) is 32.2 Å². The molecule has 1 atom stereocenters. The Morgan fingerprint density at radius 1 is 1.08 bits per heavy atom. The summed E-state index contributed by atoms with van der Waals surface area (Å²) in [5, 5.41) is 2.54. The van der Waals surface area contributed by atoms with E-state index in [2.05, 4.69) is 5.32 Å². The zero-order valence-electron chi connectivity index (χ0n) is 21.6. The summed E-state index contributed by atoms with van der Waals surface area (Å²) in [4.78, 5) is 27.9. The van der Waals surface area contributed by atoms with Gasteiger partial charge < -0.3 is 10.2 Å². The number of carbonyl (C=O) groups excluding carboxylic acids is 2. The van der Waals surface area contributed by atoms with Crippen LogP contribution in [0.1, 0.15) is 44.2 Å². The predicted molar refractivity (Wildman–Crippen MR) is 142 cm³/mol. The largest absolute Gasteiger partial charge is 0.416 e. The molecule has 0 aromatic heterocycles. The van der Waals surface area contributed by atoms with Crippen molar-refractivity contribution in [3.63, 3.8) is 0 Å². The maximum absolute atomic E-state index is 13.6. The van der Waals surface area contributed by atoms with Gasteiger partial charge in [0.1, 0.15) is 12.6 Å². The van der Waals surface area contributed by atoms with Crippen LogP contribution in [0.2, 0.25) is 5.02 Å². The van der Waals surface area contributed by atoms with Crippen LogP contribution in [0, 0.1) is 0 Å². The van der Waals surface area contributed by atoms with Crippen molar-refractivity contribution >= 4 is 39.1 Å². The number of rotatable bonds is 13. The second kappa shape index (κ2) is 13.8. The number of amides is 2. The Kier molecular flexibility index (Phi) is 11.4. The molecule has 0 saturated heterocycles. The molecular formula is C26H33ClF3N3O4S. The Morgan fingerprint density at radius 3 is 2.29 bits per heavy atom. The summed E-state index contributed by atoms with van der Waals surface area (Å²) < 4.78 is 65.9. The Balaban J connectivity index is 2.44. The number of alkyl halides is 3. The van der Waals surface area contributed by atoms with Gasteiger partial charge in [-0.2, -0.15) is 13.2 Å². The van der Waals surface area contributed by atoms with Crippen LogP contribution >= 0.6 is 11.6 Å². The van der Waals surface area contributed by atoms with Gasteiger partial charge in [0.2, 0.25) is 21.8 Å². The van der Waals surface area contributed by atoms with Crippen LogP contribution in [0.4, 0.5) is 18.9 Å². The van der Waals surface area contributed by atoms with Crippen molar-refractivity contribution in [2.24, 2.45) is 0 Å². The third-order valence-electron chi connectivity index (χ3n) is 5.92. The smallest absolute Gasteiger partial charge is 0.354 e. The van der Waals surface area contributed by atoms with Gasteiger partial charge in [-0.3, -0.25) is 13.9 Å². The minimum absolute atomic E-state index is 0.0937. The van der Waals surface area contributed by atoms with Crippen molar-refractivity contribution < 1.29 is 31.2 Å². The molecule has 7 nitrogen and oxygen atoms in total. The molecule has 0 fully saturated rings. The van der Waals surface area contributed by atoms with E-state index in [1.54, 1.807) is 6.92 Å². The average molecular weight is 576 g/mol. The van der Waals surface area contributed by atoms with Crippen LogP contribution in [-0.4, -0.2) is 57.1 Å². The number of nitrogens with zero attached hydrogens (tertiary/aromatic N) is 2. The summed E-state index contributed by atoms with van der Waals surface area (Å²) in [5.74, 6) is -1.12. The van der Waals surface area contributed by atoms with E-state index < -0.39 is 45.9 Å². The lowest BCUT2D eigenvalue weighted by Gasteiger charge is -2.33. The molecule has 0 aliphatic carbocycles. The SMILES string of the molecule is CCCCNC(=O)C(CC)N(CCc1ccccc1)C(=O)CN(c1cc(C(F)(F)F)ccc1Cl)S(C)(=O)=O. The second-order valence-electron chi connectivity index (χ2n) is 8.82. The van der Waals surface area contributed by atoms with Crippen molar-refractivity contribution in [3.8, 4) is 0 Å². The van der Waals surface area contributed by atoms with Gasteiger partial charge in [-0.05, 0) is 43.0 Å². The fourth-order valence-corrected chi connectivity index (χ4v) is 5.00. The Hall–Kier alpha value is -2.79. The molecule has 2 aromatic rings. The van der Waals surface area contributed by atoms with E-state index in [0.717, 1.165) is 36.8 Å². The zero-order chi connectivity index (χ0) is 28.5. The van der Waals surface area contributed by atoms with E-state index in [1.807, 2.05) is 37.3 Å². The van der Waals surface area contributed by atoms with Crippen molar-refractivity contribution in [1.82, 2.24) is 10.2 Å². The molecule has 12 heteroatoms. The van der Waals surface area contributed by atoms with Crippen LogP contribution in [0.15, 0.2) is 48.5 Å². The molecule has 0 bridgehead atoms. The van der Waals surface area contributed by atoms with E-state index in [4.69, 9.17) is 11.6 Å². The van der Waals surface area contributed by atoms with Crippen LogP contribution < -0.4 is 9.62 Å². The predicted octanol–water partition coefficient (Wildman–Crippen LogP) is 4.89. The lowest BCUT2D eigenvalue weighted by atomic mass is 10.1. The topological polar surface area (TPSA) is 86.8 Å². The lowest BCUT2D eigenvalue weighted by Crippen LogP contribution is -2.53.